The normalized spacial score (nSPS) is 10.6. The van der Waals surface area contributed by atoms with Gasteiger partial charge in [0.05, 0.1) is 6.61 Å². The van der Waals surface area contributed by atoms with Gasteiger partial charge in [-0.1, -0.05) is 48.0 Å². The maximum absolute atomic E-state index is 11.9. The molecule has 1 amide bonds. The maximum Gasteiger partial charge on any atom is 0.244 e. The number of hydrogen-bond donors (Lipinski definition) is 1. The van der Waals surface area contributed by atoms with Crippen molar-refractivity contribution in [3.05, 3.63) is 70.8 Å². The van der Waals surface area contributed by atoms with Crippen molar-refractivity contribution in [1.82, 2.24) is 5.32 Å². The van der Waals surface area contributed by atoms with Crippen molar-refractivity contribution in [2.75, 3.05) is 6.61 Å². The molecular formula is C18H18ClNO2. The minimum absolute atomic E-state index is 0.175. The molecule has 0 aliphatic carbocycles. The Morgan fingerprint density at radius 3 is 2.68 bits per heavy atom. The van der Waals surface area contributed by atoms with Crippen molar-refractivity contribution in [2.24, 2.45) is 0 Å². The van der Waals surface area contributed by atoms with Crippen LogP contribution in [0, 0.1) is 0 Å². The van der Waals surface area contributed by atoms with E-state index < -0.39 is 0 Å². The van der Waals surface area contributed by atoms with E-state index in [1.54, 1.807) is 12.1 Å². The van der Waals surface area contributed by atoms with Gasteiger partial charge in [-0.25, -0.2) is 0 Å². The van der Waals surface area contributed by atoms with Crippen molar-refractivity contribution in [1.29, 1.82) is 0 Å². The minimum Gasteiger partial charge on any atom is -0.493 e. The summed E-state index contributed by atoms with van der Waals surface area (Å²) in [5.41, 5.74) is 1.76. The molecule has 4 heteroatoms. The number of ether oxygens (including phenoxy) is 1. The largest absolute Gasteiger partial charge is 0.493 e. The summed E-state index contributed by atoms with van der Waals surface area (Å²) in [5.74, 6) is 0.589. The van der Waals surface area contributed by atoms with Gasteiger partial charge in [-0.3, -0.25) is 4.79 Å². The molecule has 22 heavy (non-hydrogen) atoms. The number of hydrogen-bond acceptors (Lipinski definition) is 2. The lowest BCUT2D eigenvalue weighted by Crippen LogP contribution is -2.20. The van der Waals surface area contributed by atoms with Gasteiger partial charge in [-0.2, -0.15) is 0 Å². The monoisotopic (exact) mass is 315 g/mol. The van der Waals surface area contributed by atoms with Crippen molar-refractivity contribution < 1.29 is 9.53 Å². The van der Waals surface area contributed by atoms with Gasteiger partial charge in [-0.05, 0) is 30.7 Å². The molecule has 0 atom stereocenters. The van der Waals surface area contributed by atoms with E-state index in [9.17, 15) is 4.79 Å². The van der Waals surface area contributed by atoms with E-state index in [4.69, 9.17) is 16.3 Å². The van der Waals surface area contributed by atoms with E-state index in [0.29, 0.717) is 18.2 Å². The second-order valence-electron chi connectivity index (χ2n) is 4.61. The van der Waals surface area contributed by atoms with Crippen molar-refractivity contribution in [3.8, 4) is 5.75 Å². The number of carbonyl (C=O) groups is 1. The first-order valence-corrected chi connectivity index (χ1v) is 7.49. The molecule has 0 bridgehead atoms. The Morgan fingerprint density at radius 2 is 1.91 bits per heavy atom. The van der Waals surface area contributed by atoms with E-state index in [1.807, 2.05) is 49.4 Å². The molecule has 0 unspecified atom stereocenters. The summed E-state index contributed by atoms with van der Waals surface area (Å²) < 4.78 is 5.51. The van der Waals surface area contributed by atoms with Crippen LogP contribution in [-0.2, 0) is 11.3 Å². The molecule has 0 aromatic heterocycles. The van der Waals surface area contributed by atoms with Crippen LogP contribution in [0.15, 0.2) is 54.6 Å². The van der Waals surface area contributed by atoms with Crippen LogP contribution in [0.3, 0.4) is 0 Å². The lowest BCUT2D eigenvalue weighted by atomic mass is 10.2. The Hall–Kier alpha value is -2.26. The predicted molar refractivity (Wildman–Crippen MR) is 89.9 cm³/mol. The predicted octanol–water partition coefficient (Wildman–Crippen LogP) is 4.07. The van der Waals surface area contributed by atoms with Crippen LogP contribution >= 0.6 is 11.6 Å². The number of para-hydroxylation sites is 1. The first kappa shape index (κ1) is 16.1. The molecule has 0 aliphatic heterocycles. The molecule has 2 rings (SSSR count). The molecule has 0 spiro atoms. The van der Waals surface area contributed by atoms with Gasteiger partial charge < -0.3 is 10.1 Å². The summed E-state index contributed by atoms with van der Waals surface area (Å²) in [5, 5.41) is 3.46. The summed E-state index contributed by atoms with van der Waals surface area (Å²) in [6, 6.07) is 15.0. The van der Waals surface area contributed by atoms with Crippen LogP contribution in [-0.4, -0.2) is 12.5 Å². The number of nitrogens with one attached hydrogen (secondary N) is 1. The standard InChI is InChI=1S/C18H18ClNO2/c1-2-22-17-10-6-4-7-14(17)11-12-18(21)20-13-15-8-3-5-9-16(15)19/h3-12H,2,13H2,1H3,(H,20,21)/b12-11+. The van der Waals surface area contributed by atoms with Crippen LogP contribution in [0.5, 0.6) is 5.75 Å². The van der Waals surface area contributed by atoms with Gasteiger partial charge in [0.15, 0.2) is 0 Å². The molecule has 1 N–H and O–H groups in total. The Morgan fingerprint density at radius 1 is 1.18 bits per heavy atom. The molecule has 0 saturated heterocycles. The molecule has 0 radical (unpaired) electrons. The van der Waals surface area contributed by atoms with Crippen LogP contribution < -0.4 is 10.1 Å². The zero-order chi connectivity index (χ0) is 15.8. The topological polar surface area (TPSA) is 38.3 Å². The van der Waals surface area contributed by atoms with Gasteiger partial charge in [0.2, 0.25) is 5.91 Å². The summed E-state index contributed by atoms with van der Waals surface area (Å²) in [6.07, 6.45) is 3.24. The molecule has 3 nitrogen and oxygen atoms in total. The first-order valence-electron chi connectivity index (χ1n) is 7.12. The number of benzene rings is 2. The quantitative estimate of drug-likeness (QED) is 0.816. The fraction of sp³-hybridized carbons (Fsp3) is 0.167. The number of carbonyl (C=O) groups excluding carboxylic acids is 1. The third-order valence-electron chi connectivity index (χ3n) is 3.04. The molecule has 0 aliphatic rings. The van der Waals surface area contributed by atoms with E-state index in [-0.39, 0.29) is 5.91 Å². The molecule has 0 heterocycles. The SMILES string of the molecule is CCOc1ccccc1/C=C/C(=O)NCc1ccccc1Cl. The lowest BCUT2D eigenvalue weighted by Gasteiger charge is -2.07. The molecular weight excluding hydrogens is 298 g/mol. The van der Waals surface area contributed by atoms with Crippen LogP contribution in [0.1, 0.15) is 18.1 Å². The number of rotatable bonds is 6. The minimum atomic E-state index is -0.175. The highest BCUT2D eigenvalue weighted by Crippen LogP contribution is 2.19. The van der Waals surface area contributed by atoms with Crippen molar-refractivity contribution in [3.63, 3.8) is 0 Å². The molecule has 0 fully saturated rings. The van der Waals surface area contributed by atoms with E-state index in [0.717, 1.165) is 16.9 Å². The van der Waals surface area contributed by atoms with Gasteiger partial charge in [0.25, 0.3) is 0 Å². The van der Waals surface area contributed by atoms with Gasteiger partial charge in [0, 0.05) is 23.2 Å². The summed E-state index contributed by atoms with van der Waals surface area (Å²) in [6.45, 7) is 2.91. The van der Waals surface area contributed by atoms with Gasteiger partial charge in [0.1, 0.15) is 5.75 Å². The highest BCUT2D eigenvalue weighted by molar-refractivity contribution is 6.31. The zero-order valence-corrected chi connectivity index (χ0v) is 13.1. The lowest BCUT2D eigenvalue weighted by molar-refractivity contribution is -0.116. The average molecular weight is 316 g/mol. The highest BCUT2D eigenvalue weighted by atomic mass is 35.5. The van der Waals surface area contributed by atoms with E-state index in [2.05, 4.69) is 5.32 Å². The molecule has 114 valence electrons. The molecule has 2 aromatic carbocycles. The Kier molecular flexibility index (Phi) is 6.04. The van der Waals surface area contributed by atoms with Crippen LogP contribution in [0.25, 0.3) is 6.08 Å². The van der Waals surface area contributed by atoms with E-state index >= 15 is 0 Å². The third kappa shape index (κ3) is 4.64. The van der Waals surface area contributed by atoms with Crippen molar-refractivity contribution in [2.45, 2.75) is 13.5 Å². The van der Waals surface area contributed by atoms with Crippen LogP contribution in [0.2, 0.25) is 5.02 Å². The first-order chi connectivity index (χ1) is 10.7. The number of amides is 1. The van der Waals surface area contributed by atoms with Crippen LogP contribution in [0.4, 0.5) is 0 Å². The zero-order valence-electron chi connectivity index (χ0n) is 12.4. The van der Waals surface area contributed by atoms with Gasteiger partial charge in [-0.15, -0.1) is 0 Å². The van der Waals surface area contributed by atoms with E-state index in [1.165, 1.54) is 6.08 Å². The Labute approximate surface area is 135 Å². The number of halogens is 1. The third-order valence-corrected chi connectivity index (χ3v) is 3.41. The Bertz CT molecular complexity index is 668. The Balaban J connectivity index is 1.96. The highest BCUT2D eigenvalue weighted by Gasteiger charge is 2.02. The summed E-state index contributed by atoms with van der Waals surface area (Å²) in [4.78, 5) is 11.9. The molecule has 2 aromatic rings. The smallest absolute Gasteiger partial charge is 0.244 e. The fourth-order valence-electron chi connectivity index (χ4n) is 1.95. The molecule has 0 saturated carbocycles. The average Bonchev–Trinajstić information content (AvgIpc) is 2.53. The summed E-state index contributed by atoms with van der Waals surface area (Å²) in [7, 11) is 0. The van der Waals surface area contributed by atoms with Gasteiger partial charge >= 0.3 is 0 Å². The second-order valence-corrected chi connectivity index (χ2v) is 5.02. The second kappa shape index (κ2) is 8.25. The maximum atomic E-state index is 11.9. The van der Waals surface area contributed by atoms with Crippen molar-refractivity contribution >= 4 is 23.6 Å². The fourth-order valence-corrected chi connectivity index (χ4v) is 2.16. The summed E-state index contributed by atoms with van der Waals surface area (Å²) >= 11 is 6.05.